The van der Waals surface area contributed by atoms with Crippen molar-refractivity contribution in [3.8, 4) is 11.5 Å². The first kappa shape index (κ1) is 24.9. The first-order valence-corrected chi connectivity index (χ1v) is 13.0. The molecule has 2 aromatic carbocycles. The average Bonchev–Trinajstić information content (AvgIpc) is 3.50. The molecule has 9 nitrogen and oxygen atoms in total. The van der Waals surface area contributed by atoms with E-state index in [9.17, 15) is 14.4 Å². The summed E-state index contributed by atoms with van der Waals surface area (Å²) in [7, 11) is 0. The van der Waals surface area contributed by atoms with E-state index in [2.05, 4.69) is 24.1 Å². The predicted molar refractivity (Wildman–Crippen MR) is 138 cm³/mol. The van der Waals surface area contributed by atoms with Crippen molar-refractivity contribution in [2.45, 2.75) is 38.6 Å². The van der Waals surface area contributed by atoms with Gasteiger partial charge in [-0.05, 0) is 49.1 Å². The minimum atomic E-state index is -0.788. The third-order valence-corrected chi connectivity index (χ3v) is 7.76. The van der Waals surface area contributed by atoms with Gasteiger partial charge >= 0.3 is 0 Å². The number of fused-ring (bicyclic) bond motifs is 1. The van der Waals surface area contributed by atoms with Gasteiger partial charge in [0.05, 0.1) is 6.67 Å². The van der Waals surface area contributed by atoms with E-state index < -0.39 is 5.54 Å². The third kappa shape index (κ3) is 4.82. The lowest BCUT2D eigenvalue weighted by Crippen LogP contribution is -2.57. The molecule has 37 heavy (non-hydrogen) atoms. The number of benzene rings is 2. The molecule has 1 atom stereocenters. The monoisotopic (exact) mass is 506 g/mol. The van der Waals surface area contributed by atoms with Crippen LogP contribution in [0.25, 0.3) is 0 Å². The number of amides is 3. The number of carbonyl (C=O) groups is 3. The topological polar surface area (TPSA) is 91.4 Å². The van der Waals surface area contributed by atoms with Crippen LogP contribution in [0.4, 0.5) is 5.69 Å². The molecule has 0 saturated carbocycles. The van der Waals surface area contributed by atoms with Gasteiger partial charge in [0.15, 0.2) is 11.5 Å². The highest BCUT2D eigenvalue weighted by Gasteiger charge is 2.54. The number of rotatable bonds is 7. The van der Waals surface area contributed by atoms with Gasteiger partial charge in [-0.1, -0.05) is 38.5 Å². The van der Waals surface area contributed by atoms with Gasteiger partial charge < -0.3 is 29.5 Å². The highest BCUT2D eigenvalue weighted by molar-refractivity contribution is 5.98. The summed E-state index contributed by atoms with van der Waals surface area (Å²) >= 11 is 0. The van der Waals surface area contributed by atoms with Crippen molar-refractivity contribution in [3.05, 3.63) is 54.1 Å². The number of nitrogens with one attached hydrogen (secondary N) is 1. The second-order valence-corrected chi connectivity index (χ2v) is 10.1. The Kier molecular flexibility index (Phi) is 6.95. The summed E-state index contributed by atoms with van der Waals surface area (Å²) in [6, 6.07) is 15.0. The van der Waals surface area contributed by atoms with E-state index in [4.69, 9.17) is 9.47 Å². The van der Waals surface area contributed by atoms with E-state index in [1.54, 1.807) is 28.0 Å². The number of piperidine rings is 1. The van der Waals surface area contributed by atoms with Crippen molar-refractivity contribution in [1.82, 2.24) is 15.1 Å². The van der Waals surface area contributed by atoms with Crippen LogP contribution in [-0.4, -0.2) is 72.7 Å². The third-order valence-electron chi connectivity index (χ3n) is 7.76. The summed E-state index contributed by atoms with van der Waals surface area (Å²) in [6.45, 7) is 6.19. The molecular formula is C28H34N4O5. The van der Waals surface area contributed by atoms with Gasteiger partial charge in [-0.15, -0.1) is 0 Å². The molecule has 3 amide bonds. The van der Waals surface area contributed by atoms with Gasteiger partial charge in [-0.3, -0.25) is 14.4 Å². The van der Waals surface area contributed by atoms with E-state index in [0.29, 0.717) is 62.1 Å². The maximum atomic E-state index is 13.8. The maximum absolute atomic E-state index is 13.8. The van der Waals surface area contributed by atoms with Gasteiger partial charge in [-0.2, -0.15) is 0 Å². The predicted octanol–water partition coefficient (Wildman–Crippen LogP) is 2.86. The summed E-state index contributed by atoms with van der Waals surface area (Å²) in [4.78, 5) is 45.3. The smallest absolute Gasteiger partial charge is 0.253 e. The van der Waals surface area contributed by atoms with Gasteiger partial charge in [0.25, 0.3) is 11.8 Å². The van der Waals surface area contributed by atoms with Crippen molar-refractivity contribution < 1.29 is 23.9 Å². The molecule has 5 rings (SSSR count). The molecule has 1 spiro atoms. The fourth-order valence-electron chi connectivity index (χ4n) is 5.28. The Morgan fingerprint density at radius 1 is 1.05 bits per heavy atom. The first-order chi connectivity index (χ1) is 17.9. The Balaban J connectivity index is 1.31. The van der Waals surface area contributed by atoms with E-state index in [-0.39, 0.29) is 31.1 Å². The normalized spacial score (nSPS) is 18.9. The van der Waals surface area contributed by atoms with Gasteiger partial charge in [-0.25, -0.2) is 0 Å². The van der Waals surface area contributed by atoms with Crippen molar-refractivity contribution in [2.24, 2.45) is 5.92 Å². The number of ether oxygens (including phenoxy) is 2. The largest absolute Gasteiger partial charge is 0.454 e. The van der Waals surface area contributed by atoms with E-state index in [1.807, 2.05) is 30.3 Å². The second-order valence-electron chi connectivity index (χ2n) is 10.1. The van der Waals surface area contributed by atoms with Crippen molar-refractivity contribution >= 4 is 23.4 Å². The molecule has 0 aliphatic carbocycles. The zero-order valence-corrected chi connectivity index (χ0v) is 21.4. The Bertz CT molecular complexity index is 1160. The molecule has 3 aliphatic rings. The molecule has 9 heteroatoms. The second kappa shape index (κ2) is 10.3. The standard InChI is InChI=1S/C28H34N4O5/c1-3-20(2)16-29-25(33)17-31-18-32(22-7-5-4-6-8-22)28(27(31)35)11-13-30(14-12-28)26(34)21-9-10-23-24(15-21)37-19-36-23/h4-10,15,20H,3,11-14,16-19H2,1-2H3,(H,29,33). The molecule has 2 fully saturated rings. The summed E-state index contributed by atoms with van der Waals surface area (Å²) in [5, 5.41) is 2.96. The minimum Gasteiger partial charge on any atom is -0.454 e. The number of hydrogen-bond acceptors (Lipinski definition) is 6. The molecule has 1 unspecified atom stereocenters. The van der Waals surface area contributed by atoms with Gasteiger partial charge in [0, 0.05) is 30.9 Å². The van der Waals surface area contributed by atoms with Crippen LogP contribution >= 0.6 is 0 Å². The van der Waals surface area contributed by atoms with Crippen LogP contribution in [-0.2, 0) is 9.59 Å². The number of anilines is 1. The highest BCUT2D eigenvalue weighted by Crippen LogP contribution is 2.40. The van der Waals surface area contributed by atoms with Crippen LogP contribution in [0.3, 0.4) is 0 Å². The molecule has 0 radical (unpaired) electrons. The number of likely N-dealkylation sites (tertiary alicyclic amines) is 1. The molecule has 0 bridgehead atoms. The Hall–Kier alpha value is -3.75. The van der Waals surface area contributed by atoms with Crippen molar-refractivity contribution in [1.29, 1.82) is 0 Å². The fourth-order valence-corrected chi connectivity index (χ4v) is 5.28. The highest BCUT2D eigenvalue weighted by atomic mass is 16.7. The number of para-hydroxylation sites is 1. The SMILES string of the molecule is CCC(C)CNC(=O)CN1CN(c2ccccc2)C2(CCN(C(=O)c3ccc4c(c3)OCO4)CC2)C1=O. The lowest BCUT2D eigenvalue weighted by atomic mass is 9.85. The summed E-state index contributed by atoms with van der Waals surface area (Å²) in [5.74, 6) is 1.31. The Morgan fingerprint density at radius 3 is 2.51 bits per heavy atom. The van der Waals surface area contributed by atoms with Crippen LogP contribution in [0.2, 0.25) is 0 Å². The Labute approximate surface area is 217 Å². The molecular weight excluding hydrogens is 472 g/mol. The molecule has 3 aliphatic heterocycles. The lowest BCUT2D eigenvalue weighted by Gasteiger charge is -2.43. The summed E-state index contributed by atoms with van der Waals surface area (Å²) < 4.78 is 10.8. The zero-order chi connectivity index (χ0) is 26.0. The van der Waals surface area contributed by atoms with Crippen LogP contribution < -0.4 is 19.7 Å². The number of nitrogens with zero attached hydrogens (tertiary/aromatic N) is 3. The van der Waals surface area contributed by atoms with Crippen molar-refractivity contribution in [3.63, 3.8) is 0 Å². The quantitative estimate of drug-likeness (QED) is 0.621. The molecule has 1 N–H and O–H groups in total. The Morgan fingerprint density at radius 2 is 1.78 bits per heavy atom. The zero-order valence-electron chi connectivity index (χ0n) is 21.4. The van der Waals surface area contributed by atoms with Crippen molar-refractivity contribution in [2.75, 3.05) is 44.5 Å². The first-order valence-electron chi connectivity index (χ1n) is 13.0. The van der Waals surface area contributed by atoms with Gasteiger partial charge in [0.1, 0.15) is 12.1 Å². The molecule has 2 saturated heterocycles. The fraction of sp³-hybridized carbons (Fsp3) is 0.464. The maximum Gasteiger partial charge on any atom is 0.253 e. The minimum absolute atomic E-state index is 0.0280. The number of hydrogen-bond donors (Lipinski definition) is 1. The average molecular weight is 507 g/mol. The molecule has 196 valence electrons. The molecule has 3 heterocycles. The summed E-state index contributed by atoms with van der Waals surface area (Å²) in [5.41, 5.74) is 0.690. The van der Waals surface area contributed by atoms with Gasteiger partial charge in [0.2, 0.25) is 12.7 Å². The van der Waals surface area contributed by atoms with E-state index >= 15 is 0 Å². The van der Waals surface area contributed by atoms with E-state index in [1.165, 1.54) is 0 Å². The lowest BCUT2D eigenvalue weighted by molar-refractivity contribution is -0.137. The van der Waals surface area contributed by atoms with Crippen LogP contribution in [0.15, 0.2) is 48.5 Å². The van der Waals surface area contributed by atoms with Crippen LogP contribution in [0, 0.1) is 5.92 Å². The van der Waals surface area contributed by atoms with Crippen LogP contribution in [0.1, 0.15) is 43.5 Å². The molecule has 2 aromatic rings. The molecule has 0 aromatic heterocycles. The number of carbonyl (C=O) groups excluding carboxylic acids is 3. The van der Waals surface area contributed by atoms with E-state index in [0.717, 1.165) is 12.1 Å². The summed E-state index contributed by atoms with van der Waals surface area (Å²) in [6.07, 6.45) is 1.96. The van der Waals surface area contributed by atoms with Crippen LogP contribution in [0.5, 0.6) is 11.5 Å².